The predicted octanol–water partition coefficient (Wildman–Crippen LogP) is 1.23. The molecule has 21 heavy (non-hydrogen) atoms. The summed E-state index contributed by atoms with van der Waals surface area (Å²) >= 11 is 0. The van der Waals surface area contributed by atoms with Gasteiger partial charge in [0.2, 0.25) is 0 Å². The maximum absolute atomic E-state index is 11.9. The Morgan fingerprint density at radius 2 is 2.19 bits per heavy atom. The summed E-state index contributed by atoms with van der Waals surface area (Å²) in [6.07, 6.45) is 5.30. The maximum atomic E-state index is 11.9. The molecule has 0 bridgehead atoms. The molecule has 3 N–H and O–H groups in total. The van der Waals surface area contributed by atoms with Crippen molar-refractivity contribution in [3.8, 4) is 0 Å². The number of carbonyl (C=O) groups excluding carboxylic acids is 1. The molecule has 1 aromatic rings. The van der Waals surface area contributed by atoms with Crippen LogP contribution < -0.4 is 10.6 Å². The first kappa shape index (κ1) is 15.2. The Bertz CT molecular complexity index is 532. The van der Waals surface area contributed by atoms with Crippen molar-refractivity contribution in [2.24, 2.45) is 5.41 Å². The van der Waals surface area contributed by atoms with Gasteiger partial charge in [-0.1, -0.05) is 6.42 Å². The number of urea groups is 1. The third-order valence-corrected chi connectivity index (χ3v) is 4.02. The number of hydrogen-bond donors (Lipinski definition) is 3. The monoisotopic (exact) mass is 292 g/mol. The number of aliphatic carboxylic acids is 1. The summed E-state index contributed by atoms with van der Waals surface area (Å²) in [7, 11) is 0. The van der Waals surface area contributed by atoms with E-state index in [9.17, 15) is 14.7 Å². The highest BCUT2D eigenvalue weighted by atomic mass is 16.4. The van der Waals surface area contributed by atoms with Gasteiger partial charge >= 0.3 is 12.0 Å². The number of amides is 2. The van der Waals surface area contributed by atoms with Crippen LogP contribution in [0.15, 0.2) is 12.4 Å². The van der Waals surface area contributed by atoms with Crippen LogP contribution in [0.1, 0.15) is 37.6 Å². The second-order valence-electron chi connectivity index (χ2n) is 5.64. The minimum atomic E-state index is -0.888. The minimum absolute atomic E-state index is 0.260. The Labute approximate surface area is 123 Å². The lowest BCUT2D eigenvalue weighted by Gasteiger charge is -2.27. The number of aromatic nitrogens is 2. The molecule has 1 fully saturated rings. The molecule has 1 aliphatic rings. The first-order chi connectivity index (χ1) is 9.91. The van der Waals surface area contributed by atoms with Crippen molar-refractivity contribution in [3.63, 3.8) is 0 Å². The average Bonchev–Trinajstić information content (AvgIpc) is 2.81. The third-order valence-electron chi connectivity index (χ3n) is 4.02. The van der Waals surface area contributed by atoms with Crippen LogP contribution in [0.2, 0.25) is 0 Å². The lowest BCUT2D eigenvalue weighted by molar-refractivity contribution is -0.148. The maximum Gasteiger partial charge on any atom is 0.315 e. The van der Waals surface area contributed by atoms with Gasteiger partial charge in [0.25, 0.3) is 0 Å². The number of hydrogen-bond acceptors (Lipinski definition) is 4. The van der Waals surface area contributed by atoms with Crippen molar-refractivity contribution in [1.82, 2.24) is 20.6 Å². The number of aryl methyl sites for hydroxylation is 1. The van der Waals surface area contributed by atoms with E-state index in [2.05, 4.69) is 20.6 Å². The second kappa shape index (κ2) is 6.07. The topological polar surface area (TPSA) is 104 Å². The van der Waals surface area contributed by atoms with Gasteiger partial charge in [-0.05, 0) is 26.7 Å². The SMILES string of the molecule is Cc1cnc(CNC(=O)NC2CCCC2(C)C(=O)O)cn1. The Morgan fingerprint density at radius 1 is 1.43 bits per heavy atom. The fourth-order valence-electron chi connectivity index (χ4n) is 2.54. The Hall–Kier alpha value is -2.18. The summed E-state index contributed by atoms with van der Waals surface area (Å²) in [6, 6.07) is -0.726. The molecule has 7 nitrogen and oxygen atoms in total. The summed E-state index contributed by atoms with van der Waals surface area (Å²) in [5.41, 5.74) is 0.579. The summed E-state index contributed by atoms with van der Waals surface area (Å²) in [5, 5.41) is 14.7. The highest BCUT2D eigenvalue weighted by molar-refractivity contribution is 5.79. The van der Waals surface area contributed by atoms with Gasteiger partial charge < -0.3 is 15.7 Å². The highest BCUT2D eigenvalue weighted by Gasteiger charge is 2.45. The molecule has 7 heteroatoms. The molecule has 0 aliphatic heterocycles. The molecule has 1 saturated carbocycles. The van der Waals surface area contributed by atoms with E-state index in [0.29, 0.717) is 18.5 Å². The molecule has 1 aliphatic carbocycles. The normalized spacial score (nSPS) is 24.6. The lowest BCUT2D eigenvalue weighted by atomic mass is 9.85. The average molecular weight is 292 g/mol. The van der Waals surface area contributed by atoms with Crippen molar-refractivity contribution in [1.29, 1.82) is 0 Å². The van der Waals surface area contributed by atoms with E-state index in [-0.39, 0.29) is 18.6 Å². The van der Waals surface area contributed by atoms with E-state index in [1.165, 1.54) is 0 Å². The van der Waals surface area contributed by atoms with Crippen molar-refractivity contribution < 1.29 is 14.7 Å². The molecule has 1 heterocycles. The number of nitrogens with one attached hydrogen (secondary N) is 2. The number of nitrogens with zero attached hydrogens (tertiary/aromatic N) is 2. The summed E-state index contributed by atoms with van der Waals surface area (Å²) < 4.78 is 0. The fraction of sp³-hybridized carbons (Fsp3) is 0.571. The van der Waals surface area contributed by atoms with E-state index < -0.39 is 11.4 Å². The molecular formula is C14H20N4O3. The number of rotatable bonds is 4. The van der Waals surface area contributed by atoms with Gasteiger partial charge in [-0.25, -0.2) is 4.79 Å². The lowest BCUT2D eigenvalue weighted by Crippen LogP contribution is -2.50. The van der Waals surface area contributed by atoms with Crippen molar-refractivity contribution >= 4 is 12.0 Å². The Balaban J connectivity index is 1.87. The molecule has 114 valence electrons. The summed E-state index contributed by atoms with van der Waals surface area (Å²) in [4.78, 5) is 31.5. The fourth-order valence-corrected chi connectivity index (χ4v) is 2.54. The van der Waals surface area contributed by atoms with E-state index in [1.807, 2.05) is 6.92 Å². The van der Waals surface area contributed by atoms with Gasteiger partial charge in [0.15, 0.2) is 0 Å². The largest absolute Gasteiger partial charge is 0.481 e. The van der Waals surface area contributed by atoms with Gasteiger partial charge in [0.1, 0.15) is 0 Å². The van der Waals surface area contributed by atoms with Gasteiger partial charge in [0.05, 0.1) is 29.5 Å². The Morgan fingerprint density at radius 3 is 2.81 bits per heavy atom. The summed E-state index contributed by atoms with van der Waals surface area (Å²) in [6.45, 7) is 3.78. The van der Waals surface area contributed by atoms with E-state index in [4.69, 9.17) is 0 Å². The van der Waals surface area contributed by atoms with Gasteiger partial charge in [-0.15, -0.1) is 0 Å². The van der Waals surface area contributed by atoms with Gasteiger partial charge in [-0.2, -0.15) is 0 Å². The van der Waals surface area contributed by atoms with Crippen LogP contribution >= 0.6 is 0 Å². The van der Waals surface area contributed by atoms with Crippen LogP contribution in [0.3, 0.4) is 0 Å². The van der Waals surface area contributed by atoms with Crippen LogP contribution in [0.4, 0.5) is 4.79 Å². The molecule has 0 saturated heterocycles. The minimum Gasteiger partial charge on any atom is -0.481 e. The highest BCUT2D eigenvalue weighted by Crippen LogP contribution is 2.38. The zero-order valence-electron chi connectivity index (χ0n) is 12.2. The van der Waals surface area contributed by atoms with E-state index in [1.54, 1.807) is 19.3 Å². The van der Waals surface area contributed by atoms with Crippen molar-refractivity contribution in [3.05, 3.63) is 23.8 Å². The molecule has 2 atom stereocenters. The molecular weight excluding hydrogens is 272 g/mol. The van der Waals surface area contributed by atoms with Crippen LogP contribution in [0, 0.1) is 12.3 Å². The van der Waals surface area contributed by atoms with E-state index in [0.717, 1.165) is 12.1 Å². The molecule has 0 radical (unpaired) electrons. The molecule has 2 rings (SSSR count). The number of carbonyl (C=O) groups is 2. The molecule has 0 aromatic carbocycles. The molecule has 1 aromatic heterocycles. The summed E-state index contributed by atoms with van der Waals surface area (Å²) in [5.74, 6) is -0.866. The van der Waals surface area contributed by atoms with Crippen LogP contribution in [0.25, 0.3) is 0 Å². The first-order valence-electron chi connectivity index (χ1n) is 6.97. The molecule has 2 amide bonds. The van der Waals surface area contributed by atoms with Gasteiger partial charge in [-0.3, -0.25) is 14.8 Å². The quantitative estimate of drug-likeness (QED) is 0.774. The van der Waals surface area contributed by atoms with E-state index >= 15 is 0 Å². The smallest absolute Gasteiger partial charge is 0.315 e. The number of carboxylic acid groups (broad SMARTS) is 1. The standard InChI is InChI=1S/C14H20N4O3/c1-9-6-16-10(7-15-9)8-17-13(21)18-11-4-3-5-14(11,2)12(19)20/h6-7,11H,3-5,8H2,1-2H3,(H,19,20)(H2,17,18,21). The predicted molar refractivity (Wildman–Crippen MR) is 75.5 cm³/mol. The zero-order valence-corrected chi connectivity index (χ0v) is 12.2. The van der Waals surface area contributed by atoms with Crippen molar-refractivity contribution in [2.45, 2.75) is 45.7 Å². The zero-order chi connectivity index (χ0) is 15.5. The van der Waals surface area contributed by atoms with Gasteiger partial charge in [0, 0.05) is 12.2 Å². The van der Waals surface area contributed by atoms with Crippen LogP contribution in [-0.4, -0.2) is 33.1 Å². The molecule has 0 spiro atoms. The third kappa shape index (κ3) is 3.48. The van der Waals surface area contributed by atoms with Crippen molar-refractivity contribution in [2.75, 3.05) is 0 Å². The molecule has 2 unspecified atom stereocenters. The first-order valence-corrected chi connectivity index (χ1v) is 6.97. The number of carboxylic acids is 1. The van der Waals surface area contributed by atoms with Crippen LogP contribution in [-0.2, 0) is 11.3 Å². The second-order valence-corrected chi connectivity index (χ2v) is 5.64. The Kier molecular flexibility index (Phi) is 4.40. The van der Waals surface area contributed by atoms with Crippen LogP contribution in [0.5, 0.6) is 0 Å².